The first-order valence-electron chi connectivity index (χ1n) is 12.2. The summed E-state index contributed by atoms with van der Waals surface area (Å²) in [6.45, 7) is 6.58. The van der Waals surface area contributed by atoms with Crippen LogP contribution in [0.15, 0.2) is 102 Å². The lowest BCUT2D eigenvalue weighted by molar-refractivity contribution is -0.112. The molecule has 38 heavy (non-hydrogen) atoms. The number of rotatable bonds is 10. The largest absolute Gasteiger partial charge is 0.490 e. The van der Waals surface area contributed by atoms with E-state index in [1.165, 1.54) is 0 Å². The van der Waals surface area contributed by atoms with Crippen LogP contribution in [0.2, 0.25) is 0 Å². The van der Waals surface area contributed by atoms with Crippen molar-refractivity contribution in [2.45, 2.75) is 20.0 Å². The maximum absolute atomic E-state index is 12.8. The molecule has 0 spiro atoms. The van der Waals surface area contributed by atoms with Gasteiger partial charge in [0.2, 0.25) is 0 Å². The van der Waals surface area contributed by atoms with Crippen molar-refractivity contribution < 1.29 is 14.3 Å². The van der Waals surface area contributed by atoms with E-state index in [4.69, 9.17) is 9.47 Å². The zero-order chi connectivity index (χ0) is 26.9. The minimum Gasteiger partial charge on any atom is -0.490 e. The maximum atomic E-state index is 12.8. The van der Waals surface area contributed by atoms with Crippen molar-refractivity contribution in [3.8, 4) is 17.6 Å². The Hall–Kier alpha value is -4.34. The topological polar surface area (TPSA) is 71.4 Å². The van der Waals surface area contributed by atoms with Crippen LogP contribution in [0.4, 0.5) is 5.69 Å². The van der Waals surface area contributed by atoms with Crippen LogP contribution in [0.5, 0.6) is 11.5 Å². The normalized spacial score (nSPS) is 11.0. The number of hydrogen-bond donors (Lipinski definition) is 1. The molecule has 4 aromatic carbocycles. The molecule has 1 amide bonds. The van der Waals surface area contributed by atoms with E-state index in [1.54, 1.807) is 30.4 Å². The first-order valence-corrected chi connectivity index (χ1v) is 13.0. The lowest BCUT2D eigenvalue weighted by Crippen LogP contribution is -2.13. The number of carbonyl (C=O) groups excluding carboxylic acids is 1. The number of carbonyl (C=O) groups is 1. The maximum Gasteiger partial charge on any atom is 0.266 e. The Morgan fingerprint density at radius 2 is 1.82 bits per heavy atom. The minimum absolute atomic E-state index is 0.0265. The molecule has 1 N–H and O–H groups in total. The highest BCUT2D eigenvalue weighted by molar-refractivity contribution is 9.10. The van der Waals surface area contributed by atoms with Gasteiger partial charge in [-0.15, -0.1) is 6.58 Å². The van der Waals surface area contributed by atoms with Gasteiger partial charge in [-0.25, -0.2) is 0 Å². The van der Waals surface area contributed by atoms with Gasteiger partial charge in [-0.3, -0.25) is 4.79 Å². The van der Waals surface area contributed by atoms with Gasteiger partial charge in [0, 0.05) is 15.7 Å². The van der Waals surface area contributed by atoms with Crippen molar-refractivity contribution in [1.29, 1.82) is 5.26 Å². The molecule has 4 aromatic rings. The molecule has 0 radical (unpaired) electrons. The molecule has 0 unspecified atom stereocenters. The van der Waals surface area contributed by atoms with Crippen LogP contribution in [0.25, 0.3) is 16.8 Å². The van der Waals surface area contributed by atoms with Crippen LogP contribution in [-0.2, 0) is 17.8 Å². The summed E-state index contributed by atoms with van der Waals surface area (Å²) >= 11 is 3.39. The lowest BCUT2D eigenvalue weighted by atomic mass is 10.0. The number of allylic oxidation sites excluding steroid dienone is 1. The van der Waals surface area contributed by atoms with Crippen molar-refractivity contribution in [3.05, 3.63) is 118 Å². The summed E-state index contributed by atoms with van der Waals surface area (Å²) in [5.74, 6) is 0.669. The average molecular weight is 567 g/mol. The first kappa shape index (κ1) is 26.7. The van der Waals surface area contributed by atoms with E-state index in [2.05, 4.69) is 52.1 Å². The van der Waals surface area contributed by atoms with Crippen molar-refractivity contribution in [1.82, 2.24) is 0 Å². The highest BCUT2D eigenvalue weighted by Crippen LogP contribution is 2.36. The van der Waals surface area contributed by atoms with E-state index in [0.717, 1.165) is 26.4 Å². The van der Waals surface area contributed by atoms with E-state index in [9.17, 15) is 10.1 Å². The molecule has 5 nitrogen and oxygen atoms in total. The molecule has 0 fully saturated rings. The summed E-state index contributed by atoms with van der Waals surface area (Å²) in [6, 6.07) is 27.2. The smallest absolute Gasteiger partial charge is 0.266 e. The van der Waals surface area contributed by atoms with Crippen LogP contribution < -0.4 is 14.8 Å². The van der Waals surface area contributed by atoms with Crippen LogP contribution in [-0.4, -0.2) is 12.5 Å². The van der Waals surface area contributed by atoms with E-state index >= 15 is 0 Å². The number of fused-ring (bicyclic) bond motifs is 1. The predicted molar refractivity (Wildman–Crippen MR) is 156 cm³/mol. The number of hydrogen-bond acceptors (Lipinski definition) is 4. The second-order valence-electron chi connectivity index (χ2n) is 8.49. The van der Waals surface area contributed by atoms with Crippen LogP contribution in [0.1, 0.15) is 23.6 Å². The van der Waals surface area contributed by atoms with Crippen molar-refractivity contribution in [3.63, 3.8) is 0 Å². The molecule has 0 saturated heterocycles. The number of nitrogens with zero attached hydrogens (tertiary/aromatic N) is 1. The first-order chi connectivity index (χ1) is 18.5. The molecule has 0 heterocycles. The Labute approximate surface area is 231 Å². The molecule has 0 aliphatic carbocycles. The summed E-state index contributed by atoms with van der Waals surface area (Å²) in [7, 11) is 0. The third-order valence-corrected chi connectivity index (χ3v) is 6.32. The Balaban J connectivity index is 1.66. The van der Waals surface area contributed by atoms with Crippen molar-refractivity contribution >= 4 is 44.4 Å². The molecule has 6 heteroatoms. The van der Waals surface area contributed by atoms with Gasteiger partial charge >= 0.3 is 0 Å². The standard InChI is InChI=1S/C32H27BrN2O3/c1-3-9-24-16-22(17-26(20-34)32(36)35-28-14-8-13-27(33)19-28)18-30(37-4-2)31(24)38-21-25-12-7-11-23-10-5-6-15-29(23)25/h3,5-8,10-19H,1,4,9,21H2,2H3,(H,35,36)/b26-17-. The number of nitrogens with one attached hydrogen (secondary N) is 1. The second kappa shape index (κ2) is 12.8. The second-order valence-corrected chi connectivity index (χ2v) is 9.41. The van der Waals surface area contributed by atoms with Gasteiger partial charge in [0.15, 0.2) is 11.5 Å². The average Bonchev–Trinajstić information content (AvgIpc) is 2.91. The van der Waals surface area contributed by atoms with E-state index in [0.29, 0.717) is 42.4 Å². The molecule has 0 saturated carbocycles. The Bertz CT molecular complexity index is 1550. The Kier molecular flexibility index (Phi) is 8.97. The fourth-order valence-corrected chi connectivity index (χ4v) is 4.55. The van der Waals surface area contributed by atoms with Crippen LogP contribution in [0.3, 0.4) is 0 Å². The molecule has 0 atom stereocenters. The van der Waals surface area contributed by atoms with E-state index in [1.807, 2.05) is 49.4 Å². The fraction of sp³-hybridized carbons (Fsp3) is 0.125. The third-order valence-electron chi connectivity index (χ3n) is 5.83. The van der Waals surface area contributed by atoms with Gasteiger partial charge in [-0.05, 0) is 71.7 Å². The molecular weight excluding hydrogens is 540 g/mol. The zero-order valence-corrected chi connectivity index (χ0v) is 22.6. The highest BCUT2D eigenvalue weighted by Gasteiger charge is 2.16. The van der Waals surface area contributed by atoms with Gasteiger partial charge in [0.05, 0.1) is 6.61 Å². The summed E-state index contributed by atoms with van der Waals surface area (Å²) in [5, 5.41) is 14.8. The molecule has 190 valence electrons. The molecule has 0 aliphatic heterocycles. The van der Waals surface area contributed by atoms with Crippen molar-refractivity contribution in [2.75, 3.05) is 11.9 Å². The van der Waals surface area contributed by atoms with Gasteiger partial charge in [-0.1, -0.05) is 70.5 Å². The monoisotopic (exact) mass is 566 g/mol. The number of anilines is 1. The SMILES string of the molecule is C=CCc1cc(/C=C(/C#N)C(=O)Nc2cccc(Br)c2)cc(OCC)c1OCc1cccc2ccccc12. The van der Waals surface area contributed by atoms with Gasteiger partial charge in [0.25, 0.3) is 5.91 Å². The van der Waals surface area contributed by atoms with Gasteiger partial charge < -0.3 is 14.8 Å². The highest BCUT2D eigenvalue weighted by atomic mass is 79.9. The van der Waals surface area contributed by atoms with Gasteiger partial charge in [-0.2, -0.15) is 5.26 Å². The van der Waals surface area contributed by atoms with Crippen LogP contribution in [0, 0.1) is 11.3 Å². The number of amides is 1. The molecule has 0 aromatic heterocycles. The molecule has 4 rings (SSSR count). The summed E-state index contributed by atoms with van der Waals surface area (Å²) in [5.41, 5.74) is 3.13. The molecule has 0 bridgehead atoms. The lowest BCUT2D eigenvalue weighted by Gasteiger charge is -2.17. The zero-order valence-electron chi connectivity index (χ0n) is 21.0. The summed E-state index contributed by atoms with van der Waals surface area (Å²) in [6.07, 6.45) is 3.87. The summed E-state index contributed by atoms with van der Waals surface area (Å²) < 4.78 is 13.1. The number of nitriles is 1. The number of benzene rings is 4. The summed E-state index contributed by atoms with van der Waals surface area (Å²) in [4.78, 5) is 12.8. The number of ether oxygens (including phenoxy) is 2. The fourth-order valence-electron chi connectivity index (χ4n) is 4.15. The molecule has 0 aliphatic rings. The Morgan fingerprint density at radius 1 is 1.03 bits per heavy atom. The van der Waals surface area contributed by atoms with Gasteiger partial charge in [0.1, 0.15) is 18.2 Å². The van der Waals surface area contributed by atoms with Crippen LogP contribution >= 0.6 is 15.9 Å². The quantitative estimate of drug-likeness (QED) is 0.120. The predicted octanol–water partition coefficient (Wildman–Crippen LogP) is 7.85. The Morgan fingerprint density at radius 3 is 2.58 bits per heavy atom. The molecular formula is C32H27BrN2O3. The minimum atomic E-state index is -0.495. The number of halogens is 1. The van der Waals surface area contributed by atoms with E-state index in [-0.39, 0.29) is 5.57 Å². The third kappa shape index (κ3) is 6.50. The van der Waals surface area contributed by atoms with E-state index < -0.39 is 5.91 Å². The van der Waals surface area contributed by atoms with Crippen molar-refractivity contribution in [2.24, 2.45) is 0 Å².